The summed E-state index contributed by atoms with van der Waals surface area (Å²) in [5.41, 5.74) is 0.511. The Morgan fingerprint density at radius 1 is 1.00 bits per heavy atom. The normalized spacial score (nSPS) is 24.9. The molecule has 0 atom stereocenters. The zero-order chi connectivity index (χ0) is 15.2. The van der Waals surface area contributed by atoms with Crippen molar-refractivity contribution in [2.75, 3.05) is 19.3 Å². The summed E-state index contributed by atoms with van der Waals surface area (Å²) in [5.74, 6) is 1.86. The average Bonchev–Trinajstić information content (AvgIpc) is 2.44. The van der Waals surface area contributed by atoms with Crippen LogP contribution in [0.25, 0.3) is 0 Å². The van der Waals surface area contributed by atoms with Gasteiger partial charge in [0, 0.05) is 11.3 Å². The van der Waals surface area contributed by atoms with Crippen molar-refractivity contribution < 1.29 is 0 Å². The van der Waals surface area contributed by atoms with Crippen LogP contribution in [0.1, 0.15) is 73.1 Å². The van der Waals surface area contributed by atoms with Crippen LogP contribution in [0, 0.1) is 17.3 Å². The van der Waals surface area contributed by atoms with Crippen LogP contribution in [0.4, 0.5) is 0 Å². The molecule has 1 N–H and O–H groups in total. The highest BCUT2D eigenvalue weighted by Gasteiger charge is 2.30. The van der Waals surface area contributed by atoms with Gasteiger partial charge in [-0.2, -0.15) is 11.8 Å². The SMILES string of the molecule is CCC(CC)(CNCC1CCC(C(C)(C)C)CC1)SC. The van der Waals surface area contributed by atoms with Crippen molar-refractivity contribution >= 4 is 11.8 Å². The largest absolute Gasteiger partial charge is 0.315 e. The van der Waals surface area contributed by atoms with Gasteiger partial charge in [0.05, 0.1) is 0 Å². The molecular weight excluding hydrogens is 262 g/mol. The Labute approximate surface area is 132 Å². The first kappa shape index (κ1) is 18.4. The summed E-state index contributed by atoms with van der Waals surface area (Å²) >= 11 is 2.05. The summed E-state index contributed by atoms with van der Waals surface area (Å²) in [6.45, 7) is 14.3. The third-order valence-corrected chi connectivity index (χ3v) is 7.26. The summed E-state index contributed by atoms with van der Waals surface area (Å²) in [6.07, 6.45) is 10.5. The third kappa shape index (κ3) is 5.26. The molecule has 0 aromatic rings. The topological polar surface area (TPSA) is 12.0 Å². The lowest BCUT2D eigenvalue weighted by Crippen LogP contribution is -2.39. The molecule has 0 radical (unpaired) electrons. The van der Waals surface area contributed by atoms with Crippen LogP contribution < -0.4 is 5.32 Å². The first-order valence-electron chi connectivity index (χ1n) is 8.62. The fourth-order valence-electron chi connectivity index (χ4n) is 3.60. The van der Waals surface area contributed by atoms with Gasteiger partial charge in [0.25, 0.3) is 0 Å². The van der Waals surface area contributed by atoms with Crippen molar-refractivity contribution in [2.24, 2.45) is 17.3 Å². The Kier molecular flexibility index (Phi) is 7.41. The predicted octanol–water partition coefficient (Wildman–Crippen LogP) is 5.35. The van der Waals surface area contributed by atoms with Crippen molar-refractivity contribution in [3.05, 3.63) is 0 Å². The molecule has 1 saturated carbocycles. The minimum absolute atomic E-state index is 0.461. The van der Waals surface area contributed by atoms with E-state index >= 15 is 0 Å². The molecule has 20 heavy (non-hydrogen) atoms. The van der Waals surface area contributed by atoms with E-state index in [1.807, 2.05) is 11.8 Å². The van der Waals surface area contributed by atoms with Gasteiger partial charge in [-0.05, 0) is 68.6 Å². The van der Waals surface area contributed by atoms with Crippen LogP contribution in [-0.2, 0) is 0 Å². The first-order valence-corrected chi connectivity index (χ1v) is 9.85. The molecule has 0 unspecified atom stereocenters. The predicted molar refractivity (Wildman–Crippen MR) is 94.6 cm³/mol. The summed E-state index contributed by atoms with van der Waals surface area (Å²) in [4.78, 5) is 0. The van der Waals surface area contributed by atoms with E-state index in [9.17, 15) is 0 Å². The van der Waals surface area contributed by atoms with Gasteiger partial charge in [-0.25, -0.2) is 0 Å². The van der Waals surface area contributed by atoms with E-state index in [-0.39, 0.29) is 0 Å². The summed E-state index contributed by atoms with van der Waals surface area (Å²) in [7, 11) is 0. The van der Waals surface area contributed by atoms with E-state index in [0.29, 0.717) is 10.2 Å². The Morgan fingerprint density at radius 2 is 1.55 bits per heavy atom. The van der Waals surface area contributed by atoms with Gasteiger partial charge < -0.3 is 5.32 Å². The molecule has 0 aromatic carbocycles. The van der Waals surface area contributed by atoms with Crippen molar-refractivity contribution in [3.63, 3.8) is 0 Å². The number of hydrogen-bond acceptors (Lipinski definition) is 2. The maximum atomic E-state index is 3.78. The van der Waals surface area contributed by atoms with Gasteiger partial charge in [-0.15, -0.1) is 0 Å². The first-order chi connectivity index (χ1) is 9.37. The van der Waals surface area contributed by atoms with Crippen molar-refractivity contribution in [1.29, 1.82) is 0 Å². The Balaban J connectivity index is 2.28. The van der Waals surface area contributed by atoms with Crippen LogP contribution in [-0.4, -0.2) is 24.1 Å². The summed E-state index contributed by atoms with van der Waals surface area (Å²) < 4.78 is 0.461. The van der Waals surface area contributed by atoms with E-state index in [2.05, 4.69) is 46.2 Å². The molecular formula is C18H37NS. The second-order valence-corrected chi connectivity index (χ2v) is 9.08. The van der Waals surface area contributed by atoms with E-state index in [0.717, 1.165) is 11.8 Å². The van der Waals surface area contributed by atoms with E-state index in [1.54, 1.807) is 0 Å². The van der Waals surface area contributed by atoms with Gasteiger partial charge in [0.2, 0.25) is 0 Å². The minimum Gasteiger partial charge on any atom is -0.315 e. The van der Waals surface area contributed by atoms with Crippen molar-refractivity contribution in [3.8, 4) is 0 Å². The molecule has 0 aromatic heterocycles. The van der Waals surface area contributed by atoms with Crippen LogP contribution in [0.15, 0.2) is 0 Å². The third-order valence-electron chi connectivity index (χ3n) is 5.67. The van der Waals surface area contributed by atoms with Crippen molar-refractivity contribution in [2.45, 2.75) is 77.9 Å². The highest BCUT2D eigenvalue weighted by Crippen LogP contribution is 2.39. The minimum atomic E-state index is 0.461. The molecule has 2 heteroatoms. The lowest BCUT2D eigenvalue weighted by molar-refractivity contribution is 0.148. The molecule has 120 valence electrons. The van der Waals surface area contributed by atoms with E-state index in [4.69, 9.17) is 0 Å². The second kappa shape index (κ2) is 8.08. The average molecular weight is 300 g/mol. The molecule has 0 spiro atoms. The summed E-state index contributed by atoms with van der Waals surface area (Å²) in [6, 6.07) is 0. The zero-order valence-corrected chi connectivity index (χ0v) is 15.5. The lowest BCUT2D eigenvalue weighted by Gasteiger charge is -2.37. The number of nitrogens with one attached hydrogen (secondary N) is 1. The quantitative estimate of drug-likeness (QED) is 0.680. The molecule has 0 bridgehead atoms. The lowest BCUT2D eigenvalue weighted by atomic mass is 9.70. The maximum Gasteiger partial charge on any atom is 0.0276 e. The monoisotopic (exact) mass is 299 g/mol. The zero-order valence-electron chi connectivity index (χ0n) is 14.7. The number of rotatable bonds is 7. The van der Waals surface area contributed by atoms with Crippen LogP contribution in [0.2, 0.25) is 0 Å². The molecule has 1 aliphatic carbocycles. The second-order valence-electron chi connectivity index (χ2n) is 7.81. The van der Waals surface area contributed by atoms with Gasteiger partial charge in [0.15, 0.2) is 0 Å². The molecule has 0 heterocycles. The Hall–Kier alpha value is 0.310. The van der Waals surface area contributed by atoms with Gasteiger partial charge in [-0.3, -0.25) is 0 Å². The van der Waals surface area contributed by atoms with Crippen molar-refractivity contribution in [1.82, 2.24) is 5.32 Å². The van der Waals surface area contributed by atoms with E-state index in [1.165, 1.54) is 51.6 Å². The maximum absolute atomic E-state index is 3.78. The Morgan fingerprint density at radius 3 is 1.95 bits per heavy atom. The van der Waals surface area contributed by atoms with Gasteiger partial charge in [-0.1, -0.05) is 34.6 Å². The fourth-order valence-corrected chi connectivity index (χ4v) is 4.42. The number of thioether (sulfide) groups is 1. The van der Waals surface area contributed by atoms with Gasteiger partial charge >= 0.3 is 0 Å². The van der Waals surface area contributed by atoms with Gasteiger partial charge in [0.1, 0.15) is 0 Å². The van der Waals surface area contributed by atoms with Crippen LogP contribution >= 0.6 is 11.8 Å². The molecule has 0 aliphatic heterocycles. The standard InChI is InChI=1S/C18H37NS/c1-7-18(8-2,20-6)14-19-13-15-9-11-16(12-10-15)17(3,4)5/h15-16,19H,7-14H2,1-6H3. The molecule has 1 rings (SSSR count). The fraction of sp³-hybridized carbons (Fsp3) is 1.00. The molecule has 0 amide bonds. The highest BCUT2D eigenvalue weighted by molar-refractivity contribution is 8.00. The molecule has 1 fully saturated rings. The smallest absolute Gasteiger partial charge is 0.0276 e. The molecule has 1 nitrogen and oxygen atoms in total. The molecule has 0 saturated heterocycles. The van der Waals surface area contributed by atoms with Crippen LogP contribution in [0.3, 0.4) is 0 Å². The van der Waals surface area contributed by atoms with Crippen LogP contribution in [0.5, 0.6) is 0 Å². The number of hydrogen-bond donors (Lipinski definition) is 1. The Bertz CT molecular complexity index is 249. The summed E-state index contributed by atoms with van der Waals surface area (Å²) in [5, 5.41) is 3.78. The van der Waals surface area contributed by atoms with E-state index < -0.39 is 0 Å². The molecule has 1 aliphatic rings. The highest BCUT2D eigenvalue weighted by atomic mass is 32.2.